The lowest BCUT2D eigenvalue weighted by molar-refractivity contribution is 0.0915. The van der Waals surface area contributed by atoms with Gasteiger partial charge in [0.2, 0.25) is 5.78 Å². The SMILES string of the molecule is Cc1cccc2cc(C(=O)C3CCCCCN3)oc12. The highest BCUT2D eigenvalue weighted by atomic mass is 16.3. The number of carbonyl (C=O) groups excluding carboxylic acids is 1. The van der Waals surface area contributed by atoms with Gasteiger partial charge in [-0.2, -0.15) is 0 Å². The lowest BCUT2D eigenvalue weighted by atomic mass is 10.0. The molecule has 3 heteroatoms. The third-order valence-corrected chi connectivity index (χ3v) is 3.86. The van der Waals surface area contributed by atoms with Crippen LogP contribution in [0.4, 0.5) is 0 Å². The minimum Gasteiger partial charge on any atom is -0.453 e. The molecule has 1 aromatic carbocycles. The molecule has 0 amide bonds. The lowest BCUT2D eigenvalue weighted by Gasteiger charge is -2.12. The summed E-state index contributed by atoms with van der Waals surface area (Å²) in [6, 6.07) is 7.78. The summed E-state index contributed by atoms with van der Waals surface area (Å²) < 4.78 is 5.77. The number of aryl methyl sites for hydroxylation is 1. The zero-order chi connectivity index (χ0) is 13.2. The van der Waals surface area contributed by atoms with Crippen LogP contribution in [0.5, 0.6) is 0 Å². The number of nitrogens with one attached hydrogen (secondary N) is 1. The first kappa shape index (κ1) is 12.4. The van der Waals surface area contributed by atoms with E-state index in [1.807, 2.05) is 31.2 Å². The van der Waals surface area contributed by atoms with E-state index >= 15 is 0 Å². The zero-order valence-corrected chi connectivity index (χ0v) is 11.2. The molecule has 3 nitrogen and oxygen atoms in total. The summed E-state index contributed by atoms with van der Waals surface area (Å²) >= 11 is 0. The van der Waals surface area contributed by atoms with Gasteiger partial charge in [0, 0.05) is 5.39 Å². The van der Waals surface area contributed by atoms with E-state index in [-0.39, 0.29) is 11.8 Å². The average molecular weight is 257 g/mol. The van der Waals surface area contributed by atoms with Crippen molar-refractivity contribution in [2.45, 2.75) is 38.6 Å². The Kier molecular flexibility index (Phi) is 3.38. The third-order valence-electron chi connectivity index (χ3n) is 3.86. The Morgan fingerprint density at radius 2 is 2.21 bits per heavy atom. The molecule has 3 rings (SSSR count). The Morgan fingerprint density at radius 3 is 3.05 bits per heavy atom. The van der Waals surface area contributed by atoms with E-state index in [1.165, 1.54) is 6.42 Å². The van der Waals surface area contributed by atoms with Crippen LogP contribution in [0, 0.1) is 6.92 Å². The molecule has 0 aliphatic carbocycles. The summed E-state index contributed by atoms with van der Waals surface area (Å²) in [5, 5.41) is 4.34. The van der Waals surface area contributed by atoms with Gasteiger partial charge < -0.3 is 9.73 Å². The van der Waals surface area contributed by atoms with Crippen LogP contribution in [0.2, 0.25) is 0 Å². The van der Waals surface area contributed by atoms with E-state index in [1.54, 1.807) is 0 Å². The number of carbonyl (C=O) groups is 1. The van der Waals surface area contributed by atoms with Gasteiger partial charge in [-0.15, -0.1) is 0 Å². The van der Waals surface area contributed by atoms with Gasteiger partial charge >= 0.3 is 0 Å². The summed E-state index contributed by atoms with van der Waals surface area (Å²) in [6.07, 6.45) is 4.39. The predicted molar refractivity (Wildman–Crippen MR) is 75.5 cm³/mol. The summed E-state index contributed by atoms with van der Waals surface area (Å²) in [6.45, 7) is 2.93. The first-order valence-electron chi connectivity index (χ1n) is 7.02. The van der Waals surface area contributed by atoms with Crippen LogP contribution in [0.15, 0.2) is 28.7 Å². The van der Waals surface area contributed by atoms with Crippen LogP contribution in [-0.2, 0) is 0 Å². The maximum Gasteiger partial charge on any atom is 0.214 e. The Balaban J connectivity index is 1.90. The van der Waals surface area contributed by atoms with E-state index in [2.05, 4.69) is 5.32 Å². The predicted octanol–water partition coefficient (Wildman–Crippen LogP) is 3.46. The van der Waals surface area contributed by atoms with Gasteiger partial charge in [0.05, 0.1) is 6.04 Å². The number of furan rings is 1. The summed E-state index contributed by atoms with van der Waals surface area (Å²) in [5.41, 5.74) is 1.91. The van der Waals surface area contributed by atoms with Crippen molar-refractivity contribution in [3.05, 3.63) is 35.6 Å². The van der Waals surface area contributed by atoms with Gasteiger partial charge in [-0.1, -0.05) is 31.0 Å². The summed E-state index contributed by atoms with van der Waals surface area (Å²) in [4.78, 5) is 12.5. The molecule has 0 radical (unpaired) electrons. The molecule has 1 unspecified atom stereocenters. The quantitative estimate of drug-likeness (QED) is 0.838. The van der Waals surface area contributed by atoms with Crippen molar-refractivity contribution < 1.29 is 9.21 Å². The molecule has 2 aromatic rings. The molecular formula is C16H19NO2. The maximum absolute atomic E-state index is 12.5. The highest BCUT2D eigenvalue weighted by Crippen LogP contribution is 2.24. The molecule has 1 aromatic heterocycles. The second kappa shape index (κ2) is 5.17. The van der Waals surface area contributed by atoms with Crippen LogP contribution < -0.4 is 5.32 Å². The van der Waals surface area contributed by atoms with Crippen molar-refractivity contribution in [3.63, 3.8) is 0 Å². The average Bonchev–Trinajstić information content (AvgIpc) is 2.67. The van der Waals surface area contributed by atoms with Crippen molar-refractivity contribution in [1.82, 2.24) is 5.32 Å². The molecule has 1 aliphatic rings. The van der Waals surface area contributed by atoms with Gasteiger partial charge in [-0.05, 0) is 37.9 Å². The van der Waals surface area contributed by atoms with Crippen molar-refractivity contribution in [2.75, 3.05) is 6.54 Å². The molecule has 2 heterocycles. The van der Waals surface area contributed by atoms with Gasteiger partial charge in [-0.3, -0.25) is 4.79 Å². The van der Waals surface area contributed by atoms with E-state index in [0.29, 0.717) is 5.76 Å². The fourth-order valence-electron chi connectivity index (χ4n) is 2.75. The Hall–Kier alpha value is -1.61. The molecule has 1 saturated heterocycles. The summed E-state index contributed by atoms with van der Waals surface area (Å²) in [7, 11) is 0. The molecule has 1 fully saturated rings. The molecule has 1 aliphatic heterocycles. The fourth-order valence-corrected chi connectivity index (χ4v) is 2.75. The molecule has 100 valence electrons. The van der Waals surface area contributed by atoms with Crippen LogP contribution in [0.25, 0.3) is 11.0 Å². The molecule has 0 saturated carbocycles. The topological polar surface area (TPSA) is 42.2 Å². The number of benzene rings is 1. The lowest BCUT2D eigenvalue weighted by Crippen LogP contribution is -2.35. The van der Waals surface area contributed by atoms with Crippen LogP contribution in [0.3, 0.4) is 0 Å². The minimum absolute atomic E-state index is 0.0802. The van der Waals surface area contributed by atoms with Gasteiger partial charge in [0.25, 0.3) is 0 Å². The van der Waals surface area contributed by atoms with Crippen molar-refractivity contribution in [3.8, 4) is 0 Å². The van der Waals surface area contributed by atoms with Gasteiger partial charge in [-0.25, -0.2) is 0 Å². The molecule has 1 atom stereocenters. The van der Waals surface area contributed by atoms with E-state index in [9.17, 15) is 4.79 Å². The third kappa shape index (κ3) is 2.43. The fraction of sp³-hybridized carbons (Fsp3) is 0.438. The molecular weight excluding hydrogens is 238 g/mol. The second-order valence-electron chi connectivity index (χ2n) is 5.32. The number of ketones is 1. The smallest absolute Gasteiger partial charge is 0.214 e. The number of para-hydroxylation sites is 1. The Morgan fingerprint density at radius 1 is 1.32 bits per heavy atom. The molecule has 1 N–H and O–H groups in total. The van der Waals surface area contributed by atoms with Crippen molar-refractivity contribution in [1.29, 1.82) is 0 Å². The van der Waals surface area contributed by atoms with E-state index in [4.69, 9.17) is 4.42 Å². The van der Waals surface area contributed by atoms with Crippen molar-refractivity contribution in [2.24, 2.45) is 0 Å². The van der Waals surface area contributed by atoms with Crippen molar-refractivity contribution >= 4 is 16.8 Å². The minimum atomic E-state index is -0.0802. The van der Waals surface area contributed by atoms with E-state index < -0.39 is 0 Å². The van der Waals surface area contributed by atoms with Crippen LogP contribution in [-0.4, -0.2) is 18.4 Å². The first-order chi connectivity index (χ1) is 9.25. The molecule has 0 bridgehead atoms. The molecule has 0 spiro atoms. The molecule has 19 heavy (non-hydrogen) atoms. The number of rotatable bonds is 2. The highest BCUT2D eigenvalue weighted by molar-refractivity contribution is 6.01. The van der Waals surface area contributed by atoms with Crippen LogP contribution in [0.1, 0.15) is 41.8 Å². The highest BCUT2D eigenvalue weighted by Gasteiger charge is 2.24. The summed E-state index contributed by atoms with van der Waals surface area (Å²) in [5.74, 6) is 0.584. The van der Waals surface area contributed by atoms with E-state index in [0.717, 1.165) is 42.3 Å². The first-order valence-corrected chi connectivity index (χ1v) is 7.02. The normalized spacial score (nSPS) is 20.4. The standard InChI is InChI=1S/C16H19NO2/c1-11-6-5-7-12-10-14(19-16(11)12)15(18)13-8-3-2-4-9-17-13/h5-7,10,13,17H,2-4,8-9H2,1H3. The number of hydrogen-bond acceptors (Lipinski definition) is 3. The number of Topliss-reactive ketones (excluding diaryl/α,β-unsaturated/α-hetero) is 1. The number of fused-ring (bicyclic) bond motifs is 1. The zero-order valence-electron chi connectivity index (χ0n) is 11.2. The Labute approximate surface area is 113 Å². The van der Waals surface area contributed by atoms with Crippen LogP contribution >= 0.6 is 0 Å². The van der Waals surface area contributed by atoms with Gasteiger partial charge in [0.1, 0.15) is 5.58 Å². The largest absolute Gasteiger partial charge is 0.453 e. The Bertz CT molecular complexity index is 592. The van der Waals surface area contributed by atoms with Gasteiger partial charge in [0.15, 0.2) is 5.76 Å². The number of hydrogen-bond donors (Lipinski definition) is 1. The second-order valence-corrected chi connectivity index (χ2v) is 5.32. The maximum atomic E-state index is 12.5. The monoisotopic (exact) mass is 257 g/mol.